The van der Waals surface area contributed by atoms with Gasteiger partial charge in [-0.15, -0.1) is 0 Å². The van der Waals surface area contributed by atoms with Crippen molar-refractivity contribution in [3.8, 4) is 0 Å². The van der Waals surface area contributed by atoms with E-state index in [1.807, 2.05) is 0 Å². The Morgan fingerprint density at radius 2 is 2.22 bits per heavy atom. The number of rotatable bonds is 3. The Bertz CT molecular complexity index is 578. The molecule has 1 amide bonds. The molecule has 6 nitrogen and oxygen atoms in total. The van der Waals surface area contributed by atoms with E-state index in [4.69, 9.17) is 5.73 Å². The van der Waals surface area contributed by atoms with Gasteiger partial charge in [0.1, 0.15) is 4.88 Å². The Balaban J connectivity index is 2.01. The van der Waals surface area contributed by atoms with E-state index < -0.39 is 0 Å². The fourth-order valence-corrected chi connectivity index (χ4v) is 2.02. The van der Waals surface area contributed by atoms with E-state index in [-0.39, 0.29) is 5.91 Å². The zero-order chi connectivity index (χ0) is 13.0. The number of nitrogens with two attached hydrogens (primary N) is 1. The van der Waals surface area contributed by atoms with Crippen LogP contribution in [-0.2, 0) is 0 Å². The molecule has 2 aromatic heterocycles. The van der Waals surface area contributed by atoms with E-state index in [1.54, 1.807) is 37.7 Å². The second kappa shape index (κ2) is 5.37. The van der Waals surface area contributed by atoms with Gasteiger partial charge in [0.15, 0.2) is 5.13 Å². The summed E-state index contributed by atoms with van der Waals surface area (Å²) >= 11 is 1.14. The third kappa shape index (κ3) is 2.89. The zero-order valence-corrected chi connectivity index (χ0v) is 10.4. The normalized spacial score (nSPS) is 10.7. The quantitative estimate of drug-likeness (QED) is 0.641. The van der Waals surface area contributed by atoms with Gasteiger partial charge in [-0.2, -0.15) is 5.10 Å². The minimum Gasteiger partial charge on any atom is -0.375 e. The van der Waals surface area contributed by atoms with Crippen LogP contribution in [0.4, 0.5) is 5.13 Å². The molecule has 92 valence electrons. The van der Waals surface area contributed by atoms with Crippen molar-refractivity contribution < 1.29 is 4.79 Å². The van der Waals surface area contributed by atoms with E-state index in [2.05, 4.69) is 20.5 Å². The highest BCUT2D eigenvalue weighted by atomic mass is 32.1. The SMILES string of the molecule is Cc1nc(N)sc1C(=O)NN=Cc1ccncc1. The standard InChI is InChI=1S/C11H11N5OS/c1-7-9(18-11(12)15-7)10(17)16-14-6-8-2-4-13-5-3-8/h2-6H,1H3,(H2,12,15)(H,16,17). The second-order valence-electron chi connectivity index (χ2n) is 3.45. The van der Waals surface area contributed by atoms with Crippen molar-refractivity contribution in [3.63, 3.8) is 0 Å². The van der Waals surface area contributed by atoms with Gasteiger partial charge in [-0.1, -0.05) is 11.3 Å². The summed E-state index contributed by atoms with van der Waals surface area (Å²) in [5.74, 6) is -0.313. The maximum atomic E-state index is 11.7. The first-order chi connectivity index (χ1) is 8.66. The van der Waals surface area contributed by atoms with Crippen molar-refractivity contribution in [1.82, 2.24) is 15.4 Å². The lowest BCUT2D eigenvalue weighted by molar-refractivity contribution is 0.0958. The molecule has 18 heavy (non-hydrogen) atoms. The number of carbonyl (C=O) groups excluding carboxylic acids is 1. The average Bonchev–Trinajstić information content (AvgIpc) is 2.70. The lowest BCUT2D eigenvalue weighted by atomic mass is 10.3. The van der Waals surface area contributed by atoms with Crippen LogP contribution in [0, 0.1) is 6.92 Å². The average molecular weight is 261 g/mol. The van der Waals surface area contributed by atoms with Crippen LogP contribution in [0.2, 0.25) is 0 Å². The number of anilines is 1. The summed E-state index contributed by atoms with van der Waals surface area (Å²) in [7, 11) is 0. The molecule has 2 rings (SSSR count). The van der Waals surface area contributed by atoms with E-state index in [1.165, 1.54) is 0 Å². The van der Waals surface area contributed by atoms with Gasteiger partial charge >= 0.3 is 0 Å². The Labute approximate surface area is 108 Å². The number of pyridine rings is 1. The summed E-state index contributed by atoms with van der Waals surface area (Å²) in [6.07, 6.45) is 4.84. The molecule has 0 aliphatic rings. The molecule has 2 aromatic rings. The van der Waals surface area contributed by atoms with Crippen LogP contribution < -0.4 is 11.2 Å². The summed E-state index contributed by atoms with van der Waals surface area (Å²) in [4.78, 5) is 20.1. The molecule has 0 unspecified atom stereocenters. The molecule has 0 aliphatic carbocycles. The molecule has 0 radical (unpaired) electrons. The number of nitrogens with one attached hydrogen (secondary N) is 1. The highest BCUT2D eigenvalue weighted by molar-refractivity contribution is 7.17. The number of aryl methyl sites for hydroxylation is 1. The number of carbonyl (C=O) groups is 1. The fraction of sp³-hybridized carbons (Fsp3) is 0.0909. The lowest BCUT2D eigenvalue weighted by Gasteiger charge is -1.96. The van der Waals surface area contributed by atoms with Crippen molar-refractivity contribution >= 4 is 28.6 Å². The summed E-state index contributed by atoms with van der Waals surface area (Å²) in [5, 5.41) is 4.23. The van der Waals surface area contributed by atoms with Gasteiger partial charge in [0.2, 0.25) is 0 Å². The molecule has 0 aromatic carbocycles. The first-order valence-electron chi connectivity index (χ1n) is 5.13. The molecule has 0 aliphatic heterocycles. The third-order valence-corrected chi connectivity index (χ3v) is 3.09. The van der Waals surface area contributed by atoms with E-state index in [0.29, 0.717) is 15.7 Å². The van der Waals surface area contributed by atoms with Crippen LogP contribution in [0.3, 0.4) is 0 Å². The minimum absolute atomic E-state index is 0.313. The third-order valence-electron chi connectivity index (χ3n) is 2.11. The Morgan fingerprint density at radius 1 is 1.50 bits per heavy atom. The van der Waals surface area contributed by atoms with Gasteiger partial charge < -0.3 is 5.73 Å². The van der Waals surface area contributed by atoms with E-state index in [0.717, 1.165) is 16.9 Å². The number of hydrogen-bond acceptors (Lipinski definition) is 6. The van der Waals surface area contributed by atoms with E-state index >= 15 is 0 Å². The Morgan fingerprint density at radius 3 is 2.83 bits per heavy atom. The van der Waals surface area contributed by atoms with E-state index in [9.17, 15) is 4.79 Å². The van der Waals surface area contributed by atoms with Gasteiger partial charge in [-0.05, 0) is 24.6 Å². The largest absolute Gasteiger partial charge is 0.375 e. The first kappa shape index (κ1) is 12.2. The fourth-order valence-electron chi connectivity index (χ4n) is 1.29. The van der Waals surface area contributed by atoms with Crippen LogP contribution >= 0.6 is 11.3 Å². The van der Waals surface area contributed by atoms with Crippen LogP contribution in [0.25, 0.3) is 0 Å². The lowest BCUT2D eigenvalue weighted by Crippen LogP contribution is -2.17. The topological polar surface area (TPSA) is 93.3 Å². The van der Waals surface area contributed by atoms with Crippen LogP contribution in [0.1, 0.15) is 20.9 Å². The van der Waals surface area contributed by atoms with Crippen molar-refractivity contribution in [2.45, 2.75) is 6.92 Å². The summed E-state index contributed by atoms with van der Waals surface area (Å²) < 4.78 is 0. The summed E-state index contributed by atoms with van der Waals surface area (Å²) in [6.45, 7) is 1.73. The van der Waals surface area contributed by atoms with Crippen LogP contribution in [0.5, 0.6) is 0 Å². The number of nitrogens with zero attached hydrogens (tertiary/aromatic N) is 3. The van der Waals surface area contributed by atoms with Gasteiger partial charge in [0.25, 0.3) is 5.91 Å². The molecule has 0 atom stereocenters. The molecule has 0 bridgehead atoms. The predicted octanol–water partition coefficient (Wildman–Crippen LogP) is 1.19. The van der Waals surface area contributed by atoms with Gasteiger partial charge in [0, 0.05) is 12.4 Å². The molecule has 0 saturated heterocycles. The number of hydrogen-bond donors (Lipinski definition) is 2. The second-order valence-corrected chi connectivity index (χ2v) is 4.48. The molecule has 7 heteroatoms. The van der Waals surface area contributed by atoms with Crippen molar-refractivity contribution in [2.24, 2.45) is 5.10 Å². The summed E-state index contributed by atoms with van der Waals surface area (Å²) in [5.41, 5.74) is 9.40. The van der Waals surface area contributed by atoms with Crippen molar-refractivity contribution in [3.05, 3.63) is 40.7 Å². The molecule has 0 spiro atoms. The first-order valence-corrected chi connectivity index (χ1v) is 5.95. The molecular weight excluding hydrogens is 250 g/mol. The van der Waals surface area contributed by atoms with Crippen LogP contribution in [-0.4, -0.2) is 22.1 Å². The highest BCUT2D eigenvalue weighted by Gasteiger charge is 2.12. The number of aromatic nitrogens is 2. The Kier molecular flexibility index (Phi) is 3.63. The van der Waals surface area contributed by atoms with Crippen LogP contribution in [0.15, 0.2) is 29.6 Å². The maximum Gasteiger partial charge on any atom is 0.283 e. The molecular formula is C11H11N5OS. The summed E-state index contributed by atoms with van der Waals surface area (Å²) in [6, 6.07) is 3.57. The number of nitrogen functional groups attached to an aromatic ring is 1. The predicted molar refractivity (Wildman–Crippen MR) is 70.6 cm³/mol. The zero-order valence-electron chi connectivity index (χ0n) is 9.62. The smallest absolute Gasteiger partial charge is 0.283 e. The van der Waals surface area contributed by atoms with Crippen molar-refractivity contribution in [2.75, 3.05) is 5.73 Å². The molecule has 0 fully saturated rings. The van der Waals surface area contributed by atoms with Gasteiger partial charge in [-0.25, -0.2) is 10.4 Å². The molecule has 2 heterocycles. The number of amides is 1. The molecule has 3 N–H and O–H groups in total. The van der Waals surface area contributed by atoms with Gasteiger partial charge in [-0.3, -0.25) is 9.78 Å². The number of hydrazone groups is 1. The minimum atomic E-state index is -0.313. The highest BCUT2D eigenvalue weighted by Crippen LogP contribution is 2.19. The maximum absolute atomic E-state index is 11.7. The molecule has 0 saturated carbocycles. The van der Waals surface area contributed by atoms with Crippen molar-refractivity contribution in [1.29, 1.82) is 0 Å². The van der Waals surface area contributed by atoms with Gasteiger partial charge in [0.05, 0.1) is 11.9 Å². The monoisotopic (exact) mass is 261 g/mol. The Hall–Kier alpha value is -2.28. The number of thiazole rings is 1.